The van der Waals surface area contributed by atoms with Crippen molar-refractivity contribution in [3.63, 3.8) is 0 Å². The number of amides is 2. The van der Waals surface area contributed by atoms with E-state index in [0.29, 0.717) is 5.56 Å². The molecule has 2 amide bonds. The summed E-state index contributed by atoms with van der Waals surface area (Å²) in [5, 5.41) is 14.8. The Hall–Kier alpha value is -2.58. The molecule has 9 heteroatoms. The first-order valence-corrected chi connectivity index (χ1v) is 5.89. The highest BCUT2D eigenvalue weighted by molar-refractivity contribution is 5.96. The topological polar surface area (TPSA) is 101 Å². The summed E-state index contributed by atoms with van der Waals surface area (Å²) >= 11 is 0. The molecule has 0 aliphatic heterocycles. The van der Waals surface area contributed by atoms with Crippen molar-refractivity contribution in [3.05, 3.63) is 39.4 Å². The maximum Gasteiger partial charge on any atom is 0.272 e. The van der Waals surface area contributed by atoms with E-state index in [-0.39, 0.29) is 11.3 Å². The first-order valence-electron chi connectivity index (χ1n) is 5.89. The Balaban J connectivity index is 2.58. The number of carbonyl (C=O) groups is 2. The average molecular weight is 301 g/mol. The van der Waals surface area contributed by atoms with E-state index < -0.39 is 36.3 Å². The molecule has 1 rings (SSSR count). The lowest BCUT2D eigenvalue weighted by atomic mass is 10.1. The van der Waals surface area contributed by atoms with Crippen molar-refractivity contribution in [1.29, 1.82) is 0 Å². The molecule has 21 heavy (non-hydrogen) atoms. The number of carbonyl (C=O) groups excluding carboxylic acids is 2. The van der Waals surface area contributed by atoms with Crippen LogP contribution in [0.1, 0.15) is 15.9 Å². The summed E-state index contributed by atoms with van der Waals surface area (Å²) in [7, 11) is 0. The molecule has 0 aliphatic carbocycles. The molecule has 2 N–H and O–H groups in total. The van der Waals surface area contributed by atoms with Crippen LogP contribution in [0.3, 0.4) is 0 Å². The molecule has 0 saturated carbocycles. The Kier molecular flexibility index (Phi) is 5.70. The first kappa shape index (κ1) is 16.5. The third-order valence-corrected chi connectivity index (χ3v) is 2.52. The molecule has 0 bridgehead atoms. The summed E-state index contributed by atoms with van der Waals surface area (Å²) in [6.07, 6.45) is -2.66. The summed E-state index contributed by atoms with van der Waals surface area (Å²) in [4.78, 5) is 32.9. The number of rotatable bonds is 6. The summed E-state index contributed by atoms with van der Waals surface area (Å²) in [6.45, 7) is 0.233. The fraction of sp³-hybridized carbons (Fsp3) is 0.333. The van der Waals surface area contributed by atoms with E-state index in [9.17, 15) is 28.5 Å². The van der Waals surface area contributed by atoms with Crippen molar-refractivity contribution in [2.45, 2.75) is 13.3 Å². The minimum atomic E-state index is -2.66. The summed E-state index contributed by atoms with van der Waals surface area (Å²) < 4.78 is 23.7. The molecular formula is C12H13F2N3O4. The van der Waals surface area contributed by atoms with Crippen LogP contribution in [0, 0.1) is 17.0 Å². The van der Waals surface area contributed by atoms with Crippen molar-refractivity contribution in [2.75, 3.05) is 13.1 Å². The number of nitro groups is 1. The number of alkyl halides is 2. The number of benzene rings is 1. The number of aryl methyl sites for hydroxylation is 1. The van der Waals surface area contributed by atoms with Crippen molar-refractivity contribution in [2.24, 2.45) is 0 Å². The Morgan fingerprint density at radius 1 is 1.33 bits per heavy atom. The van der Waals surface area contributed by atoms with Gasteiger partial charge in [0.25, 0.3) is 18.0 Å². The minimum Gasteiger partial charge on any atom is -0.349 e. The molecule has 0 radical (unpaired) electrons. The van der Waals surface area contributed by atoms with Crippen molar-refractivity contribution < 1.29 is 23.3 Å². The predicted octanol–water partition coefficient (Wildman–Crippen LogP) is 1.01. The molecule has 114 valence electrons. The smallest absolute Gasteiger partial charge is 0.272 e. The van der Waals surface area contributed by atoms with Gasteiger partial charge in [-0.1, -0.05) is 0 Å². The van der Waals surface area contributed by atoms with Crippen LogP contribution in [-0.2, 0) is 4.79 Å². The largest absolute Gasteiger partial charge is 0.349 e. The highest BCUT2D eigenvalue weighted by atomic mass is 19.3. The predicted molar refractivity (Wildman–Crippen MR) is 69.2 cm³/mol. The standard InChI is InChI=1S/C12H13F2N3O4/c1-7-4-8(2-3-9(7)17(20)21)12(19)16-6-11(18)15-5-10(13)14/h2-4,10H,5-6H2,1H3,(H,15,18)(H,16,19). The van der Waals surface area contributed by atoms with Gasteiger partial charge in [0.15, 0.2) is 0 Å². The highest BCUT2D eigenvalue weighted by Crippen LogP contribution is 2.18. The molecule has 0 aliphatic rings. The quantitative estimate of drug-likeness (QED) is 0.605. The number of hydrogen-bond donors (Lipinski definition) is 2. The van der Waals surface area contributed by atoms with Gasteiger partial charge in [0.2, 0.25) is 5.91 Å². The van der Waals surface area contributed by atoms with Gasteiger partial charge in [0.1, 0.15) is 0 Å². The summed E-state index contributed by atoms with van der Waals surface area (Å²) in [5.74, 6) is -1.37. The normalized spacial score (nSPS) is 10.3. The van der Waals surface area contributed by atoms with Gasteiger partial charge in [-0.25, -0.2) is 8.78 Å². The molecule has 0 fully saturated rings. The fourth-order valence-corrected chi connectivity index (χ4v) is 1.52. The first-order chi connectivity index (χ1) is 9.81. The van der Waals surface area contributed by atoms with Crippen LogP contribution < -0.4 is 10.6 Å². The Bertz CT molecular complexity index is 563. The van der Waals surface area contributed by atoms with Crippen LogP contribution in [0.5, 0.6) is 0 Å². The Morgan fingerprint density at radius 3 is 2.52 bits per heavy atom. The lowest BCUT2D eigenvalue weighted by Crippen LogP contribution is -2.38. The lowest BCUT2D eigenvalue weighted by molar-refractivity contribution is -0.385. The van der Waals surface area contributed by atoms with Gasteiger partial charge in [-0.15, -0.1) is 0 Å². The molecule has 0 saturated heterocycles. The second kappa shape index (κ2) is 7.27. The van der Waals surface area contributed by atoms with Gasteiger partial charge in [-0.3, -0.25) is 19.7 Å². The second-order valence-electron chi connectivity index (χ2n) is 4.14. The van der Waals surface area contributed by atoms with Gasteiger partial charge in [0, 0.05) is 17.2 Å². The molecule has 0 unspecified atom stereocenters. The molecule has 0 spiro atoms. The van der Waals surface area contributed by atoms with Gasteiger partial charge in [-0.05, 0) is 19.1 Å². The molecule has 0 atom stereocenters. The van der Waals surface area contributed by atoms with Crippen LogP contribution in [0.2, 0.25) is 0 Å². The lowest BCUT2D eigenvalue weighted by Gasteiger charge is -2.07. The maximum atomic E-state index is 11.8. The SMILES string of the molecule is Cc1cc(C(=O)NCC(=O)NCC(F)F)ccc1[N+](=O)[O-]. The van der Waals surface area contributed by atoms with E-state index in [0.717, 1.165) is 0 Å². The van der Waals surface area contributed by atoms with Crippen molar-refractivity contribution in [1.82, 2.24) is 10.6 Å². The Morgan fingerprint density at radius 2 is 2.00 bits per heavy atom. The number of nitrogens with one attached hydrogen (secondary N) is 2. The molecule has 0 heterocycles. The number of halogens is 2. The molecule has 0 aromatic heterocycles. The number of nitro benzene ring substituents is 1. The third kappa shape index (κ3) is 5.13. The van der Waals surface area contributed by atoms with Crippen LogP contribution in [0.25, 0.3) is 0 Å². The molecule has 7 nitrogen and oxygen atoms in total. The van der Waals surface area contributed by atoms with Gasteiger partial charge in [0.05, 0.1) is 18.0 Å². The van der Waals surface area contributed by atoms with E-state index in [1.165, 1.54) is 25.1 Å². The zero-order valence-corrected chi connectivity index (χ0v) is 11.1. The van der Waals surface area contributed by atoms with Gasteiger partial charge >= 0.3 is 0 Å². The van der Waals surface area contributed by atoms with Crippen molar-refractivity contribution >= 4 is 17.5 Å². The molecular weight excluding hydrogens is 288 g/mol. The molecule has 1 aromatic rings. The van der Waals surface area contributed by atoms with E-state index in [4.69, 9.17) is 0 Å². The fourth-order valence-electron chi connectivity index (χ4n) is 1.52. The van der Waals surface area contributed by atoms with E-state index in [1.807, 2.05) is 5.32 Å². The number of nitrogens with zero attached hydrogens (tertiary/aromatic N) is 1. The van der Waals surface area contributed by atoms with Crippen LogP contribution in [0.4, 0.5) is 14.5 Å². The number of hydrogen-bond acceptors (Lipinski definition) is 4. The van der Waals surface area contributed by atoms with E-state index >= 15 is 0 Å². The Labute approximate surface area is 118 Å². The van der Waals surface area contributed by atoms with Crippen molar-refractivity contribution in [3.8, 4) is 0 Å². The third-order valence-electron chi connectivity index (χ3n) is 2.52. The van der Waals surface area contributed by atoms with Crippen LogP contribution in [-0.4, -0.2) is 36.3 Å². The van der Waals surface area contributed by atoms with Gasteiger partial charge in [-0.2, -0.15) is 0 Å². The minimum absolute atomic E-state index is 0.124. The highest BCUT2D eigenvalue weighted by Gasteiger charge is 2.14. The maximum absolute atomic E-state index is 11.8. The van der Waals surface area contributed by atoms with E-state index in [2.05, 4.69) is 5.32 Å². The second-order valence-corrected chi connectivity index (χ2v) is 4.14. The summed E-state index contributed by atoms with van der Waals surface area (Å²) in [6, 6.07) is 3.74. The van der Waals surface area contributed by atoms with Crippen LogP contribution in [0.15, 0.2) is 18.2 Å². The van der Waals surface area contributed by atoms with E-state index in [1.54, 1.807) is 0 Å². The van der Waals surface area contributed by atoms with Crippen LogP contribution >= 0.6 is 0 Å². The molecule has 1 aromatic carbocycles. The zero-order valence-electron chi connectivity index (χ0n) is 11.1. The average Bonchev–Trinajstić information content (AvgIpc) is 2.41. The summed E-state index contributed by atoms with van der Waals surface area (Å²) in [5.41, 5.74) is 0.316. The zero-order chi connectivity index (χ0) is 16.0. The monoisotopic (exact) mass is 301 g/mol. The van der Waals surface area contributed by atoms with Gasteiger partial charge < -0.3 is 10.6 Å².